The predicted octanol–water partition coefficient (Wildman–Crippen LogP) is 1.57. The minimum absolute atomic E-state index is 0.0151. The number of carbonyl (C=O) groups is 1. The summed E-state index contributed by atoms with van der Waals surface area (Å²) >= 11 is 1.35. The quantitative estimate of drug-likeness (QED) is 0.784. The van der Waals surface area contributed by atoms with Gasteiger partial charge in [0.15, 0.2) is 11.6 Å². The van der Waals surface area contributed by atoms with Crippen molar-refractivity contribution in [2.75, 3.05) is 17.6 Å². The third-order valence-electron chi connectivity index (χ3n) is 2.14. The van der Waals surface area contributed by atoms with E-state index in [1.54, 1.807) is 6.07 Å². The molecule has 0 aromatic carbocycles. The Morgan fingerprint density at radius 1 is 1.65 bits per heavy atom. The first-order valence-corrected chi connectivity index (χ1v) is 5.88. The van der Waals surface area contributed by atoms with Crippen molar-refractivity contribution in [3.8, 4) is 0 Å². The first kappa shape index (κ1) is 11.6. The van der Waals surface area contributed by atoms with Crippen molar-refractivity contribution >= 4 is 27.8 Å². The molecule has 3 N–H and O–H groups in total. The topological polar surface area (TPSA) is 94.0 Å². The monoisotopic (exact) mass is 252 g/mol. The number of nitrogen functional groups attached to an aromatic ring is 1. The lowest BCUT2D eigenvalue weighted by molar-refractivity contribution is 0.102. The molecule has 0 unspecified atom stereocenters. The summed E-state index contributed by atoms with van der Waals surface area (Å²) in [6.07, 6.45) is 1.95. The van der Waals surface area contributed by atoms with Gasteiger partial charge in [0.1, 0.15) is 0 Å². The van der Waals surface area contributed by atoms with Gasteiger partial charge in [0.2, 0.25) is 6.39 Å². The molecule has 0 bridgehead atoms. The van der Waals surface area contributed by atoms with E-state index in [-0.39, 0.29) is 5.78 Å². The fraction of sp³-hybridized carbons (Fsp3) is 0.300. The molecule has 0 spiro atoms. The van der Waals surface area contributed by atoms with E-state index in [0.29, 0.717) is 29.4 Å². The molecule has 7 heteroatoms. The van der Waals surface area contributed by atoms with Crippen molar-refractivity contribution in [3.63, 3.8) is 0 Å². The zero-order chi connectivity index (χ0) is 12.3. The van der Waals surface area contributed by atoms with Crippen molar-refractivity contribution in [1.82, 2.24) is 10.1 Å². The predicted molar refractivity (Wildman–Crippen MR) is 65.2 cm³/mol. The molecule has 6 nitrogen and oxygen atoms in total. The zero-order valence-corrected chi connectivity index (χ0v) is 10.1. The Morgan fingerprint density at radius 2 is 2.47 bits per heavy atom. The Hall–Kier alpha value is -1.89. The lowest BCUT2D eigenvalue weighted by Crippen LogP contribution is -2.04. The van der Waals surface area contributed by atoms with Crippen LogP contribution in [0.3, 0.4) is 0 Å². The second-order valence-corrected chi connectivity index (χ2v) is 4.53. The van der Waals surface area contributed by atoms with Gasteiger partial charge in [-0.05, 0) is 6.07 Å². The number of nitrogens with zero attached hydrogens (tertiary/aromatic N) is 2. The number of hydrogen-bond donors (Lipinski definition) is 2. The lowest BCUT2D eigenvalue weighted by atomic mass is 10.3. The summed E-state index contributed by atoms with van der Waals surface area (Å²) < 4.78 is 4.62. The average Bonchev–Trinajstić information content (AvgIpc) is 2.88. The van der Waals surface area contributed by atoms with Crippen LogP contribution in [0.4, 0.5) is 10.7 Å². The SMILES string of the molecule is CC(=O)c1sc(NCCc2ncon2)cc1N. The van der Waals surface area contributed by atoms with Gasteiger partial charge >= 0.3 is 0 Å². The highest BCUT2D eigenvalue weighted by molar-refractivity contribution is 7.18. The van der Waals surface area contributed by atoms with E-state index in [0.717, 1.165) is 5.00 Å². The number of Topliss-reactive ketones (excluding diaryl/α,β-unsaturated/α-hetero) is 1. The summed E-state index contributed by atoms with van der Waals surface area (Å²) in [5.74, 6) is 0.632. The molecule has 2 heterocycles. The molecule has 0 aliphatic rings. The minimum Gasteiger partial charge on any atom is -0.397 e. The number of anilines is 2. The summed E-state index contributed by atoms with van der Waals surface area (Å²) in [6.45, 7) is 2.17. The van der Waals surface area contributed by atoms with Crippen molar-refractivity contribution in [1.29, 1.82) is 0 Å². The van der Waals surface area contributed by atoms with Crippen LogP contribution < -0.4 is 11.1 Å². The summed E-state index contributed by atoms with van der Waals surface area (Å²) in [5.41, 5.74) is 6.24. The van der Waals surface area contributed by atoms with E-state index in [1.165, 1.54) is 24.7 Å². The van der Waals surface area contributed by atoms with Crippen molar-refractivity contribution < 1.29 is 9.32 Å². The van der Waals surface area contributed by atoms with Gasteiger partial charge in [-0.3, -0.25) is 4.79 Å². The van der Waals surface area contributed by atoms with Crippen LogP contribution in [-0.2, 0) is 6.42 Å². The Labute approximate surface area is 102 Å². The maximum Gasteiger partial charge on any atom is 0.213 e. The molecule has 0 saturated carbocycles. The van der Waals surface area contributed by atoms with Gasteiger partial charge in [-0.2, -0.15) is 4.98 Å². The molecule has 90 valence electrons. The average molecular weight is 252 g/mol. The van der Waals surface area contributed by atoms with Crippen LogP contribution in [0.1, 0.15) is 22.4 Å². The van der Waals surface area contributed by atoms with E-state index >= 15 is 0 Å². The van der Waals surface area contributed by atoms with E-state index in [4.69, 9.17) is 5.73 Å². The molecule has 0 radical (unpaired) electrons. The van der Waals surface area contributed by atoms with Gasteiger partial charge in [-0.25, -0.2) is 0 Å². The number of hydrogen-bond acceptors (Lipinski definition) is 7. The molecule has 2 aromatic rings. The van der Waals surface area contributed by atoms with Crippen LogP contribution >= 0.6 is 11.3 Å². The fourth-order valence-corrected chi connectivity index (χ4v) is 2.27. The largest absolute Gasteiger partial charge is 0.397 e. The Morgan fingerprint density at radius 3 is 3.06 bits per heavy atom. The van der Waals surface area contributed by atoms with E-state index in [2.05, 4.69) is 20.0 Å². The number of ketones is 1. The number of nitrogens with one attached hydrogen (secondary N) is 1. The Balaban J connectivity index is 1.91. The summed E-state index contributed by atoms with van der Waals surface area (Å²) in [5, 5.41) is 7.73. The number of carbonyl (C=O) groups excluding carboxylic acids is 1. The molecule has 0 aliphatic carbocycles. The van der Waals surface area contributed by atoms with Gasteiger partial charge in [-0.15, -0.1) is 11.3 Å². The van der Waals surface area contributed by atoms with Crippen LogP contribution in [0.25, 0.3) is 0 Å². The highest BCUT2D eigenvalue weighted by Crippen LogP contribution is 2.29. The third kappa shape index (κ3) is 2.82. The zero-order valence-electron chi connectivity index (χ0n) is 9.27. The van der Waals surface area contributed by atoms with Crippen LogP contribution in [0.5, 0.6) is 0 Å². The maximum absolute atomic E-state index is 11.2. The highest BCUT2D eigenvalue weighted by Gasteiger charge is 2.10. The molecule has 0 aliphatic heterocycles. The number of rotatable bonds is 5. The molecular weight excluding hydrogens is 240 g/mol. The highest BCUT2D eigenvalue weighted by atomic mass is 32.1. The normalized spacial score (nSPS) is 10.4. The van der Waals surface area contributed by atoms with Crippen LogP contribution in [0.2, 0.25) is 0 Å². The van der Waals surface area contributed by atoms with Gasteiger partial charge in [-0.1, -0.05) is 5.16 Å². The number of aromatic nitrogens is 2. The Kier molecular flexibility index (Phi) is 3.38. The van der Waals surface area contributed by atoms with E-state index < -0.39 is 0 Å². The van der Waals surface area contributed by atoms with Crippen LogP contribution in [0, 0.1) is 0 Å². The first-order chi connectivity index (χ1) is 8.16. The first-order valence-electron chi connectivity index (χ1n) is 5.06. The van der Waals surface area contributed by atoms with Gasteiger partial charge in [0.05, 0.1) is 15.6 Å². The van der Waals surface area contributed by atoms with Gasteiger partial charge in [0, 0.05) is 19.9 Å². The van der Waals surface area contributed by atoms with Crippen molar-refractivity contribution in [2.45, 2.75) is 13.3 Å². The third-order valence-corrected chi connectivity index (χ3v) is 3.34. The molecule has 0 fully saturated rings. The van der Waals surface area contributed by atoms with Crippen molar-refractivity contribution in [3.05, 3.63) is 23.2 Å². The van der Waals surface area contributed by atoms with Crippen LogP contribution in [0.15, 0.2) is 17.0 Å². The molecule has 0 atom stereocenters. The minimum atomic E-state index is -0.0151. The number of nitrogens with two attached hydrogens (primary N) is 1. The van der Waals surface area contributed by atoms with Crippen molar-refractivity contribution in [2.24, 2.45) is 0 Å². The fourth-order valence-electron chi connectivity index (χ4n) is 1.37. The lowest BCUT2D eigenvalue weighted by Gasteiger charge is -1.99. The molecule has 0 amide bonds. The van der Waals surface area contributed by atoms with E-state index in [9.17, 15) is 4.79 Å². The van der Waals surface area contributed by atoms with Gasteiger partial charge < -0.3 is 15.6 Å². The Bertz CT molecular complexity index is 506. The summed E-state index contributed by atoms with van der Waals surface area (Å²) in [6, 6.07) is 1.76. The van der Waals surface area contributed by atoms with Crippen LogP contribution in [-0.4, -0.2) is 22.5 Å². The molecule has 0 saturated heterocycles. The maximum atomic E-state index is 11.2. The van der Waals surface area contributed by atoms with Gasteiger partial charge in [0.25, 0.3) is 0 Å². The molecule has 17 heavy (non-hydrogen) atoms. The smallest absolute Gasteiger partial charge is 0.213 e. The second-order valence-electron chi connectivity index (χ2n) is 3.48. The molecule has 2 rings (SSSR count). The molecular formula is C10H12N4O2S. The second kappa shape index (κ2) is 4.96. The standard InChI is InChI=1S/C10H12N4O2S/c1-6(15)10-7(11)4-9(17-10)12-3-2-8-13-5-16-14-8/h4-5,12H,2-3,11H2,1H3. The molecule has 2 aromatic heterocycles. The summed E-state index contributed by atoms with van der Waals surface area (Å²) in [4.78, 5) is 15.7. The van der Waals surface area contributed by atoms with E-state index in [1.807, 2.05) is 0 Å². The summed E-state index contributed by atoms with van der Waals surface area (Å²) in [7, 11) is 0. The number of thiophene rings is 1.